The summed E-state index contributed by atoms with van der Waals surface area (Å²) in [5, 5.41) is 0. The van der Waals surface area contributed by atoms with E-state index >= 15 is 0 Å². The van der Waals surface area contributed by atoms with Gasteiger partial charge in [0.05, 0.1) is 0 Å². The maximum Gasteiger partial charge on any atom is 0.164 e. The third kappa shape index (κ3) is 2.28. The van der Waals surface area contributed by atoms with Gasteiger partial charge >= 0.3 is 0 Å². The van der Waals surface area contributed by atoms with Gasteiger partial charge in [-0.25, -0.2) is 0 Å². The Hall–Kier alpha value is -0.700. The van der Waals surface area contributed by atoms with Gasteiger partial charge in [0.15, 0.2) is 5.78 Å². The standard InChI is InChI=1S/C12H17NOS/c1-15-9-3-7-13-8-6-10-11(13)4-2-5-12(10)14/h6,8H,2-5,7,9H2,1H3. The van der Waals surface area contributed by atoms with Gasteiger partial charge in [-0.15, -0.1) is 0 Å². The summed E-state index contributed by atoms with van der Waals surface area (Å²) >= 11 is 1.88. The van der Waals surface area contributed by atoms with Crippen molar-refractivity contribution in [1.82, 2.24) is 4.57 Å². The second-order valence-electron chi connectivity index (χ2n) is 3.99. The van der Waals surface area contributed by atoms with Crippen LogP contribution in [0.25, 0.3) is 0 Å². The topological polar surface area (TPSA) is 22.0 Å². The summed E-state index contributed by atoms with van der Waals surface area (Å²) in [5.74, 6) is 1.53. The first-order chi connectivity index (χ1) is 7.33. The number of rotatable bonds is 4. The number of ketones is 1. The van der Waals surface area contributed by atoms with Crippen molar-refractivity contribution in [2.75, 3.05) is 12.0 Å². The van der Waals surface area contributed by atoms with E-state index in [2.05, 4.69) is 17.0 Å². The van der Waals surface area contributed by atoms with Crippen molar-refractivity contribution in [3.8, 4) is 0 Å². The van der Waals surface area contributed by atoms with Gasteiger partial charge in [0.1, 0.15) is 0 Å². The predicted molar refractivity (Wildman–Crippen MR) is 64.7 cm³/mol. The van der Waals surface area contributed by atoms with E-state index in [1.165, 1.54) is 17.9 Å². The van der Waals surface area contributed by atoms with Crippen LogP contribution in [0.15, 0.2) is 12.3 Å². The SMILES string of the molecule is CSCCCn1ccc2c1CCCC2=O. The highest BCUT2D eigenvalue weighted by molar-refractivity contribution is 7.98. The Morgan fingerprint density at radius 1 is 1.47 bits per heavy atom. The van der Waals surface area contributed by atoms with Gasteiger partial charge in [-0.1, -0.05) is 0 Å². The minimum atomic E-state index is 0.333. The van der Waals surface area contributed by atoms with Crippen LogP contribution < -0.4 is 0 Å². The molecule has 3 heteroatoms. The van der Waals surface area contributed by atoms with E-state index in [1.807, 2.05) is 17.8 Å². The maximum atomic E-state index is 11.6. The molecule has 1 heterocycles. The summed E-state index contributed by atoms with van der Waals surface area (Å²) in [7, 11) is 0. The lowest BCUT2D eigenvalue weighted by Crippen LogP contribution is -2.13. The molecule has 15 heavy (non-hydrogen) atoms. The Balaban J connectivity index is 2.09. The van der Waals surface area contributed by atoms with Gasteiger partial charge in [-0.05, 0) is 37.3 Å². The van der Waals surface area contributed by atoms with E-state index in [4.69, 9.17) is 0 Å². The molecular weight excluding hydrogens is 206 g/mol. The van der Waals surface area contributed by atoms with Crippen LogP contribution in [0.1, 0.15) is 35.3 Å². The molecule has 1 aromatic heterocycles. The number of fused-ring (bicyclic) bond motifs is 1. The first-order valence-corrected chi connectivity index (χ1v) is 6.92. The van der Waals surface area contributed by atoms with Crippen LogP contribution in [0.2, 0.25) is 0 Å². The molecule has 1 aliphatic rings. The minimum Gasteiger partial charge on any atom is -0.351 e. The summed E-state index contributed by atoms with van der Waals surface area (Å²) in [6.07, 6.45) is 8.24. The first kappa shape index (κ1) is 10.8. The highest BCUT2D eigenvalue weighted by atomic mass is 32.2. The number of hydrogen-bond donors (Lipinski definition) is 0. The Morgan fingerprint density at radius 3 is 3.13 bits per heavy atom. The van der Waals surface area contributed by atoms with Gasteiger partial charge in [-0.2, -0.15) is 11.8 Å². The molecule has 0 saturated carbocycles. The fourth-order valence-corrected chi connectivity index (χ4v) is 2.60. The van der Waals surface area contributed by atoms with E-state index in [0.717, 1.165) is 31.4 Å². The van der Waals surface area contributed by atoms with Crippen molar-refractivity contribution >= 4 is 17.5 Å². The molecular formula is C12H17NOS. The number of aryl methyl sites for hydroxylation is 1. The smallest absolute Gasteiger partial charge is 0.164 e. The van der Waals surface area contributed by atoms with Gasteiger partial charge in [-0.3, -0.25) is 4.79 Å². The monoisotopic (exact) mass is 223 g/mol. The molecule has 0 saturated heterocycles. The van der Waals surface area contributed by atoms with Crippen LogP contribution in [0.3, 0.4) is 0 Å². The van der Waals surface area contributed by atoms with E-state index in [9.17, 15) is 4.79 Å². The number of aromatic nitrogens is 1. The lowest BCUT2D eigenvalue weighted by Gasteiger charge is -2.14. The normalized spacial score (nSPS) is 15.4. The van der Waals surface area contributed by atoms with Crippen molar-refractivity contribution in [2.24, 2.45) is 0 Å². The zero-order valence-electron chi connectivity index (χ0n) is 9.16. The minimum absolute atomic E-state index is 0.333. The number of carbonyl (C=O) groups excluding carboxylic acids is 1. The Kier molecular flexibility index (Phi) is 3.52. The molecule has 1 aliphatic carbocycles. The quantitative estimate of drug-likeness (QED) is 0.732. The van der Waals surface area contributed by atoms with E-state index in [-0.39, 0.29) is 0 Å². The molecule has 0 aromatic carbocycles. The fourth-order valence-electron chi connectivity index (χ4n) is 2.18. The van der Waals surface area contributed by atoms with Crippen LogP contribution in [0, 0.1) is 0 Å². The van der Waals surface area contributed by atoms with Gasteiger partial charge in [0, 0.05) is 30.4 Å². The second-order valence-corrected chi connectivity index (χ2v) is 4.98. The Bertz CT molecular complexity index is 357. The van der Waals surface area contributed by atoms with Crippen molar-refractivity contribution in [1.29, 1.82) is 0 Å². The largest absolute Gasteiger partial charge is 0.351 e. The van der Waals surface area contributed by atoms with Gasteiger partial charge in [0.25, 0.3) is 0 Å². The average molecular weight is 223 g/mol. The summed E-state index contributed by atoms with van der Waals surface area (Å²) in [6, 6.07) is 2.00. The van der Waals surface area contributed by atoms with Gasteiger partial charge in [0.2, 0.25) is 0 Å². The molecule has 0 bridgehead atoms. The molecule has 1 aromatic rings. The van der Waals surface area contributed by atoms with Crippen molar-refractivity contribution < 1.29 is 4.79 Å². The van der Waals surface area contributed by atoms with Crippen molar-refractivity contribution in [2.45, 2.75) is 32.2 Å². The third-order valence-electron chi connectivity index (χ3n) is 2.94. The highest BCUT2D eigenvalue weighted by Gasteiger charge is 2.19. The zero-order chi connectivity index (χ0) is 10.7. The Labute approximate surface area is 95.0 Å². The number of Topliss-reactive ketones (excluding diaryl/α,β-unsaturated/α-hetero) is 1. The summed E-state index contributed by atoms with van der Waals surface area (Å²) in [5.41, 5.74) is 2.25. The maximum absolute atomic E-state index is 11.6. The predicted octanol–water partition coefficient (Wildman–Crippen LogP) is 2.76. The summed E-state index contributed by atoms with van der Waals surface area (Å²) < 4.78 is 2.27. The fraction of sp³-hybridized carbons (Fsp3) is 0.583. The lowest BCUT2D eigenvalue weighted by atomic mass is 9.97. The van der Waals surface area contributed by atoms with Crippen LogP contribution in [0.4, 0.5) is 0 Å². The molecule has 0 unspecified atom stereocenters. The third-order valence-corrected chi connectivity index (χ3v) is 3.64. The number of hydrogen-bond acceptors (Lipinski definition) is 2. The van der Waals surface area contributed by atoms with E-state index in [0.29, 0.717) is 5.78 Å². The number of thioether (sulfide) groups is 1. The highest BCUT2D eigenvalue weighted by Crippen LogP contribution is 2.22. The van der Waals surface area contributed by atoms with E-state index in [1.54, 1.807) is 0 Å². The molecule has 2 rings (SSSR count). The van der Waals surface area contributed by atoms with Crippen molar-refractivity contribution in [3.63, 3.8) is 0 Å². The molecule has 0 aliphatic heterocycles. The van der Waals surface area contributed by atoms with Gasteiger partial charge < -0.3 is 4.57 Å². The Morgan fingerprint density at radius 2 is 2.33 bits per heavy atom. The molecule has 0 spiro atoms. The molecule has 82 valence electrons. The van der Waals surface area contributed by atoms with Crippen LogP contribution in [-0.2, 0) is 13.0 Å². The second kappa shape index (κ2) is 4.88. The molecule has 0 atom stereocenters. The van der Waals surface area contributed by atoms with Crippen LogP contribution in [-0.4, -0.2) is 22.4 Å². The van der Waals surface area contributed by atoms with Crippen LogP contribution in [0.5, 0.6) is 0 Å². The first-order valence-electron chi connectivity index (χ1n) is 5.53. The molecule has 0 amide bonds. The number of nitrogens with zero attached hydrogens (tertiary/aromatic N) is 1. The molecule has 0 radical (unpaired) electrons. The summed E-state index contributed by atoms with van der Waals surface area (Å²) in [4.78, 5) is 11.6. The average Bonchev–Trinajstić information content (AvgIpc) is 2.64. The molecule has 0 N–H and O–H groups in total. The molecule has 0 fully saturated rings. The number of carbonyl (C=O) groups is 1. The van der Waals surface area contributed by atoms with E-state index < -0.39 is 0 Å². The summed E-state index contributed by atoms with van der Waals surface area (Å²) in [6.45, 7) is 1.06. The lowest BCUT2D eigenvalue weighted by molar-refractivity contribution is 0.0972. The molecule has 2 nitrogen and oxygen atoms in total. The van der Waals surface area contributed by atoms with Crippen LogP contribution >= 0.6 is 11.8 Å². The van der Waals surface area contributed by atoms with Crippen molar-refractivity contribution in [3.05, 3.63) is 23.5 Å². The zero-order valence-corrected chi connectivity index (χ0v) is 9.98.